The van der Waals surface area contributed by atoms with Gasteiger partial charge in [-0.2, -0.15) is 0 Å². The molecule has 0 bridgehead atoms. The second-order valence-electron chi connectivity index (χ2n) is 3.37. The predicted molar refractivity (Wildman–Crippen MR) is 65.5 cm³/mol. The molecule has 4 heteroatoms. The summed E-state index contributed by atoms with van der Waals surface area (Å²) < 4.78 is 4.96. The van der Waals surface area contributed by atoms with Crippen LogP contribution in [0.1, 0.15) is 12.8 Å². The van der Waals surface area contributed by atoms with Crippen LogP contribution in [0.2, 0.25) is 5.02 Å². The Kier molecular flexibility index (Phi) is 5.29. The fourth-order valence-electron chi connectivity index (χ4n) is 1.27. The summed E-state index contributed by atoms with van der Waals surface area (Å²) >= 11 is 6.00. The Hall–Kier alpha value is -0.930. The van der Waals surface area contributed by atoms with Gasteiger partial charge in [0.2, 0.25) is 0 Å². The number of nitrogens with two attached hydrogens (primary N) is 1. The van der Waals surface area contributed by atoms with Crippen LogP contribution in [0.4, 0.5) is 11.4 Å². The number of benzene rings is 1. The van der Waals surface area contributed by atoms with Gasteiger partial charge in [-0.05, 0) is 31.0 Å². The number of hydrogen-bond donors (Lipinski definition) is 2. The van der Waals surface area contributed by atoms with E-state index in [9.17, 15) is 0 Å². The van der Waals surface area contributed by atoms with Gasteiger partial charge in [0.15, 0.2) is 0 Å². The van der Waals surface area contributed by atoms with E-state index in [-0.39, 0.29) is 0 Å². The molecule has 0 heterocycles. The zero-order valence-electron chi connectivity index (χ0n) is 8.92. The van der Waals surface area contributed by atoms with E-state index >= 15 is 0 Å². The van der Waals surface area contributed by atoms with Gasteiger partial charge in [-0.3, -0.25) is 0 Å². The summed E-state index contributed by atoms with van der Waals surface area (Å²) in [7, 11) is 1.71. The number of nitrogens with one attached hydrogen (secondary N) is 1. The van der Waals surface area contributed by atoms with E-state index in [1.54, 1.807) is 13.2 Å². The molecule has 0 aromatic heterocycles. The molecule has 1 rings (SSSR count). The van der Waals surface area contributed by atoms with Crippen LogP contribution in [0.25, 0.3) is 0 Å². The lowest BCUT2D eigenvalue weighted by Crippen LogP contribution is -2.03. The monoisotopic (exact) mass is 228 g/mol. The van der Waals surface area contributed by atoms with Crippen molar-refractivity contribution in [2.45, 2.75) is 12.8 Å². The van der Waals surface area contributed by atoms with Gasteiger partial charge in [-0.15, -0.1) is 0 Å². The normalized spacial score (nSPS) is 10.3. The van der Waals surface area contributed by atoms with E-state index in [4.69, 9.17) is 22.1 Å². The minimum Gasteiger partial charge on any atom is -0.399 e. The molecular weight excluding hydrogens is 212 g/mol. The third-order valence-electron chi connectivity index (χ3n) is 2.08. The fraction of sp³-hybridized carbons (Fsp3) is 0.455. The first-order valence-corrected chi connectivity index (χ1v) is 5.39. The van der Waals surface area contributed by atoms with Crippen LogP contribution in [0.5, 0.6) is 0 Å². The smallest absolute Gasteiger partial charge is 0.0657 e. The zero-order chi connectivity index (χ0) is 11.1. The molecule has 0 fully saturated rings. The minimum absolute atomic E-state index is 0.668. The van der Waals surface area contributed by atoms with Gasteiger partial charge < -0.3 is 15.8 Å². The summed E-state index contributed by atoms with van der Waals surface area (Å²) in [4.78, 5) is 0. The van der Waals surface area contributed by atoms with Gasteiger partial charge in [0.05, 0.1) is 10.7 Å². The molecule has 0 aliphatic rings. The first-order valence-electron chi connectivity index (χ1n) is 5.02. The molecule has 1 aromatic rings. The fourth-order valence-corrected chi connectivity index (χ4v) is 1.52. The van der Waals surface area contributed by atoms with Crippen molar-refractivity contribution >= 4 is 23.0 Å². The Labute approximate surface area is 95.6 Å². The summed E-state index contributed by atoms with van der Waals surface area (Å²) in [6.07, 6.45) is 2.12. The molecule has 0 aliphatic heterocycles. The van der Waals surface area contributed by atoms with E-state index in [1.807, 2.05) is 12.1 Å². The molecule has 0 radical (unpaired) electrons. The standard InChI is InChI=1S/C11H17ClN2O/c1-15-7-3-2-6-14-11-5-4-9(13)8-10(11)12/h4-5,8,14H,2-3,6-7,13H2,1H3. The molecule has 0 amide bonds. The molecule has 84 valence electrons. The molecule has 15 heavy (non-hydrogen) atoms. The maximum absolute atomic E-state index is 6.00. The maximum Gasteiger partial charge on any atom is 0.0657 e. The highest BCUT2D eigenvalue weighted by Gasteiger charge is 1.99. The van der Waals surface area contributed by atoms with Crippen molar-refractivity contribution < 1.29 is 4.74 Å². The lowest BCUT2D eigenvalue weighted by atomic mass is 10.2. The number of anilines is 2. The zero-order valence-corrected chi connectivity index (χ0v) is 9.68. The first-order chi connectivity index (χ1) is 7.24. The Bertz CT molecular complexity index is 305. The van der Waals surface area contributed by atoms with Gasteiger partial charge in [0.1, 0.15) is 0 Å². The van der Waals surface area contributed by atoms with E-state index < -0.39 is 0 Å². The number of nitrogen functional groups attached to an aromatic ring is 1. The Morgan fingerprint density at radius 1 is 1.40 bits per heavy atom. The molecule has 0 saturated heterocycles. The van der Waals surface area contributed by atoms with Crippen molar-refractivity contribution in [1.82, 2.24) is 0 Å². The summed E-state index contributed by atoms with van der Waals surface area (Å²) in [5.41, 5.74) is 7.21. The number of rotatable bonds is 6. The highest BCUT2D eigenvalue weighted by atomic mass is 35.5. The van der Waals surface area contributed by atoms with Crippen LogP contribution in [-0.2, 0) is 4.74 Å². The molecule has 1 aromatic carbocycles. The largest absolute Gasteiger partial charge is 0.399 e. The number of hydrogen-bond acceptors (Lipinski definition) is 3. The van der Waals surface area contributed by atoms with E-state index in [0.29, 0.717) is 10.7 Å². The molecule has 3 N–H and O–H groups in total. The highest BCUT2D eigenvalue weighted by Crippen LogP contribution is 2.23. The van der Waals surface area contributed by atoms with Crippen LogP contribution in [0.3, 0.4) is 0 Å². The molecule has 0 saturated carbocycles. The van der Waals surface area contributed by atoms with E-state index in [1.165, 1.54) is 0 Å². The Morgan fingerprint density at radius 3 is 2.87 bits per heavy atom. The third-order valence-corrected chi connectivity index (χ3v) is 2.40. The van der Waals surface area contributed by atoms with Crippen molar-refractivity contribution in [3.8, 4) is 0 Å². The van der Waals surface area contributed by atoms with Crippen LogP contribution in [0, 0.1) is 0 Å². The summed E-state index contributed by atoms with van der Waals surface area (Å²) in [6, 6.07) is 5.48. The molecular formula is C11H17ClN2O. The van der Waals surface area contributed by atoms with Crippen LogP contribution in [0.15, 0.2) is 18.2 Å². The molecule has 0 unspecified atom stereocenters. The first kappa shape index (κ1) is 12.1. The number of halogens is 1. The number of ether oxygens (including phenoxy) is 1. The van der Waals surface area contributed by atoms with Gasteiger partial charge in [-0.1, -0.05) is 11.6 Å². The Morgan fingerprint density at radius 2 is 2.20 bits per heavy atom. The quantitative estimate of drug-likeness (QED) is 0.582. The average Bonchev–Trinajstić information content (AvgIpc) is 2.20. The lowest BCUT2D eigenvalue weighted by molar-refractivity contribution is 0.194. The van der Waals surface area contributed by atoms with Crippen molar-refractivity contribution in [3.63, 3.8) is 0 Å². The van der Waals surface area contributed by atoms with Gasteiger partial charge in [0.25, 0.3) is 0 Å². The second-order valence-corrected chi connectivity index (χ2v) is 3.77. The van der Waals surface area contributed by atoms with Gasteiger partial charge in [-0.25, -0.2) is 0 Å². The summed E-state index contributed by atoms with van der Waals surface area (Å²) in [5, 5.41) is 3.92. The third kappa shape index (κ3) is 4.40. The van der Waals surface area contributed by atoms with Crippen molar-refractivity contribution in [1.29, 1.82) is 0 Å². The van der Waals surface area contributed by atoms with E-state index in [2.05, 4.69) is 5.32 Å². The van der Waals surface area contributed by atoms with Crippen molar-refractivity contribution in [2.24, 2.45) is 0 Å². The summed E-state index contributed by atoms with van der Waals surface area (Å²) in [6.45, 7) is 1.70. The predicted octanol–water partition coefficient (Wildman–Crippen LogP) is 2.76. The van der Waals surface area contributed by atoms with Gasteiger partial charge >= 0.3 is 0 Å². The lowest BCUT2D eigenvalue weighted by Gasteiger charge is -2.08. The molecule has 0 spiro atoms. The minimum atomic E-state index is 0.668. The second kappa shape index (κ2) is 6.53. The van der Waals surface area contributed by atoms with Crippen molar-refractivity contribution in [3.05, 3.63) is 23.2 Å². The summed E-state index contributed by atoms with van der Waals surface area (Å²) in [5.74, 6) is 0. The van der Waals surface area contributed by atoms with Crippen LogP contribution >= 0.6 is 11.6 Å². The highest BCUT2D eigenvalue weighted by molar-refractivity contribution is 6.33. The number of unbranched alkanes of at least 4 members (excludes halogenated alkanes) is 1. The molecule has 0 aliphatic carbocycles. The van der Waals surface area contributed by atoms with Gasteiger partial charge in [0, 0.05) is 25.9 Å². The topological polar surface area (TPSA) is 47.3 Å². The van der Waals surface area contributed by atoms with Crippen LogP contribution < -0.4 is 11.1 Å². The molecule has 0 atom stereocenters. The SMILES string of the molecule is COCCCCNc1ccc(N)cc1Cl. The Balaban J connectivity index is 2.31. The van der Waals surface area contributed by atoms with E-state index in [0.717, 1.165) is 31.7 Å². The molecule has 3 nitrogen and oxygen atoms in total. The number of methoxy groups -OCH3 is 1. The maximum atomic E-state index is 6.00. The average molecular weight is 229 g/mol. The van der Waals surface area contributed by atoms with Crippen LogP contribution in [-0.4, -0.2) is 20.3 Å². The van der Waals surface area contributed by atoms with Crippen molar-refractivity contribution in [2.75, 3.05) is 31.3 Å².